The molecule has 1 rings (SSSR count). The molecule has 0 aliphatic rings. The SMILES string of the molecule is CC(=O)Nc1cccc(NC(C)O)c1. The van der Waals surface area contributed by atoms with Crippen molar-refractivity contribution in [3.05, 3.63) is 24.3 Å². The number of nitrogens with one attached hydrogen (secondary N) is 2. The van der Waals surface area contributed by atoms with Crippen molar-refractivity contribution in [2.24, 2.45) is 0 Å². The fourth-order valence-electron chi connectivity index (χ4n) is 1.13. The van der Waals surface area contributed by atoms with Crippen LogP contribution in [0.15, 0.2) is 24.3 Å². The summed E-state index contributed by atoms with van der Waals surface area (Å²) >= 11 is 0. The number of anilines is 2. The van der Waals surface area contributed by atoms with Crippen LogP contribution in [0, 0.1) is 0 Å². The highest BCUT2D eigenvalue weighted by Gasteiger charge is 1.98. The molecule has 76 valence electrons. The van der Waals surface area contributed by atoms with Crippen LogP contribution in [0.5, 0.6) is 0 Å². The molecular formula is C10H14N2O2. The first-order valence-corrected chi connectivity index (χ1v) is 4.40. The molecule has 3 N–H and O–H groups in total. The van der Waals surface area contributed by atoms with E-state index in [1.807, 2.05) is 6.07 Å². The maximum absolute atomic E-state index is 10.8. The van der Waals surface area contributed by atoms with Gasteiger partial charge in [0.05, 0.1) is 0 Å². The van der Waals surface area contributed by atoms with E-state index < -0.39 is 6.23 Å². The molecule has 1 aromatic rings. The lowest BCUT2D eigenvalue weighted by Crippen LogP contribution is -2.13. The normalized spacial score (nSPS) is 11.9. The molecule has 0 saturated heterocycles. The Balaban J connectivity index is 2.73. The molecule has 14 heavy (non-hydrogen) atoms. The third kappa shape index (κ3) is 3.45. The van der Waals surface area contributed by atoms with Crippen LogP contribution in [0.1, 0.15) is 13.8 Å². The Morgan fingerprint density at radius 3 is 2.64 bits per heavy atom. The van der Waals surface area contributed by atoms with Gasteiger partial charge in [-0.05, 0) is 25.1 Å². The van der Waals surface area contributed by atoms with Crippen LogP contribution in [-0.4, -0.2) is 17.2 Å². The molecule has 0 radical (unpaired) electrons. The van der Waals surface area contributed by atoms with Gasteiger partial charge < -0.3 is 15.7 Å². The molecule has 0 heterocycles. The number of rotatable bonds is 3. The maximum atomic E-state index is 10.8. The minimum atomic E-state index is -0.609. The molecule has 1 amide bonds. The van der Waals surface area contributed by atoms with Gasteiger partial charge in [-0.1, -0.05) is 6.07 Å². The van der Waals surface area contributed by atoms with Gasteiger partial charge in [-0.3, -0.25) is 4.79 Å². The molecule has 0 aliphatic heterocycles. The van der Waals surface area contributed by atoms with Crippen molar-refractivity contribution < 1.29 is 9.90 Å². The summed E-state index contributed by atoms with van der Waals surface area (Å²) < 4.78 is 0. The molecule has 4 heteroatoms. The van der Waals surface area contributed by atoms with Crippen LogP contribution in [0.4, 0.5) is 11.4 Å². The van der Waals surface area contributed by atoms with Crippen molar-refractivity contribution in [3.8, 4) is 0 Å². The van der Waals surface area contributed by atoms with Crippen LogP contribution in [-0.2, 0) is 4.79 Å². The molecule has 0 fully saturated rings. The van der Waals surface area contributed by atoms with Gasteiger partial charge in [-0.15, -0.1) is 0 Å². The fraction of sp³-hybridized carbons (Fsp3) is 0.300. The van der Waals surface area contributed by atoms with Crippen LogP contribution >= 0.6 is 0 Å². The number of aliphatic hydroxyl groups excluding tert-OH is 1. The van der Waals surface area contributed by atoms with Crippen LogP contribution < -0.4 is 10.6 Å². The zero-order valence-electron chi connectivity index (χ0n) is 8.24. The lowest BCUT2D eigenvalue weighted by molar-refractivity contribution is -0.114. The average Bonchev–Trinajstić information content (AvgIpc) is 2.01. The molecule has 0 aromatic heterocycles. The van der Waals surface area contributed by atoms with E-state index in [2.05, 4.69) is 10.6 Å². The van der Waals surface area contributed by atoms with E-state index >= 15 is 0 Å². The Morgan fingerprint density at radius 2 is 2.07 bits per heavy atom. The first-order valence-electron chi connectivity index (χ1n) is 4.40. The Bertz CT molecular complexity index is 324. The topological polar surface area (TPSA) is 61.4 Å². The summed E-state index contributed by atoms with van der Waals surface area (Å²) in [5.74, 6) is -0.112. The van der Waals surface area contributed by atoms with Crippen LogP contribution in [0.3, 0.4) is 0 Å². The van der Waals surface area contributed by atoms with Gasteiger partial charge >= 0.3 is 0 Å². The predicted octanol–water partition coefficient (Wildman–Crippen LogP) is 1.40. The highest BCUT2D eigenvalue weighted by molar-refractivity contribution is 5.89. The largest absolute Gasteiger partial charge is 0.374 e. The van der Waals surface area contributed by atoms with E-state index in [1.54, 1.807) is 25.1 Å². The minimum Gasteiger partial charge on any atom is -0.374 e. The number of amides is 1. The summed E-state index contributed by atoms with van der Waals surface area (Å²) in [5, 5.41) is 14.6. The highest BCUT2D eigenvalue weighted by Crippen LogP contribution is 2.15. The average molecular weight is 194 g/mol. The van der Waals surface area contributed by atoms with Gasteiger partial charge in [0.2, 0.25) is 5.91 Å². The number of carbonyl (C=O) groups is 1. The van der Waals surface area contributed by atoms with Gasteiger partial charge in [0.15, 0.2) is 0 Å². The van der Waals surface area contributed by atoms with E-state index in [0.717, 1.165) is 5.69 Å². The number of aliphatic hydroxyl groups is 1. The van der Waals surface area contributed by atoms with Crippen molar-refractivity contribution >= 4 is 17.3 Å². The first kappa shape index (κ1) is 10.5. The molecular weight excluding hydrogens is 180 g/mol. The number of hydrogen-bond donors (Lipinski definition) is 3. The highest BCUT2D eigenvalue weighted by atomic mass is 16.3. The molecule has 0 saturated carbocycles. The monoisotopic (exact) mass is 194 g/mol. The number of carbonyl (C=O) groups excluding carboxylic acids is 1. The van der Waals surface area contributed by atoms with E-state index in [-0.39, 0.29) is 5.91 Å². The lowest BCUT2D eigenvalue weighted by atomic mass is 10.2. The van der Waals surface area contributed by atoms with Gasteiger partial charge in [-0.2, -0.15) is 0 Å². The van der Waals surface area contributed by atoms with E-state index in [1.165, 1.54) is 6.92 Å². The minimum absolute atomic E-state index is 0.112. The van der Waals surface area contributed by atoms with Crippen LogP contribution in [0.25, 0.3) is 0 Å². The fourth-order valence-corrected chi connectivity index (χ4v) is 1.13. The summed E-state index contributed by atoms with van der Waals surface area (Å²) in [6, 6.07) is 7.16. The second-order valence-corrected chi connectivity index (χ2v) is 3.08. The summed E-state index contributed by atoms with van der Waals surface area (Å²) in [5.41, 5.74) is 1.48. The molecule has 4 nitrogen and oxygen atoms in total. The summed E-state index contributed by atoms with van der Waals surface area (Å²) in [4.78, 5) is 10.8. The van der Waals surface area contributed by atoms with Gasteiger partial charge in [0.1, 0.15) is 6.23 Å². The predicted molar refractivity (Wildman–Crippen MR) is 56.0 cm³/mol. The van der Waals surface area contributed by atoms with Crippen molar-refractivity contribution in [2.75, 3.05) is 10.6 Å². The summed E-state index contributed by atoms with van der Waals surface area (Å²) in [7, 11) is 0. The second kappa shape index (κ2) is 4.62. The number of benzene rings is 1. The van der Waals surface area contributed by atoms with Crippen molar-refractivity contribution in [3.63, 3.8) is 0 Å². The zero-order chi connectivity index (χ0) is 10.6. The molecule has 0 spiro atoms. The third-order valence-corrected chi connectivity index (χ3v) is 1.56. The Kier molecular flexibility index (Phi) is 3.48. The molecule has 0 aliphatic carbocycles. The summed E-state index contributed by atoms with van der Waals surface area (Å²) in [6.07, 6.45) is -0.609. The molecule has 1 unspecified atom stereocenters. The van der Waals surface area contributed by atoms with Crippen LogP contribution in [0.2, 0.25) is 0 Å². The smallest absolute Gasteiger partial charge is 0.221 e. The van der Waals surface area contributed by atoms with E-state index in [0.29, 0.717) is 5.69 Å². The first-order chi connectivity index (χ1) is 6.58. The Hall–Kier alpha value is -1.55. The third-order valence-electron chi connectivity index (χ3n) is 1.56. The summed E-state index contributed by atoms with van der Waals surface area (Å²) in [6.45, 7) is 3.08. The van der Waals surface area contributed by atoms with Crippen molar-refractivity contribution in [1.82, 2.24) is 0 Å². The van der Waals surface area contributed by atoms with Gasteiger partial charge in [0, 0.05) is 18.3 Å². The Labute approximate surface area is 82.9 Å². The number of hydrogen-bond acceptors (Lipinski definition) is 3. The van der Waals surface area contributed by atoms with Crippen molar-refractivity contribution in [1.29, 1.82) is 0 Å². The zero-order valence-corrected chi connectivity index (χ0v) is 8.24. The lowest BCUT2D eigenvalue weighted by Gasteiger charge is -2.10. The quantitative estimate of drug-likeness (QED) is 0.637. The van der Waals surface area contributed by atoms with Gasteiger partial charge in [-0.25, -0.2) is 0 Å². The Morgan fingerprint density at radius 1 is 1.43 bits per heavy atom. The molecule has 1 atom stereocenters. The standard InChI is InChI=1S/C10H14N2O2/c1-7(13)11-9-4-3-5-10(6-9)12-8(2)14/h3-7,11,13H,1-2H3,(H,12,14). The van der Waals surface area contributed by atoms with Crippen molar-refractivity contribution in [2.45, 2.75) is 20.1 Å². The van der Waals surface area contributed by atoms with E-state index in [9.17, 15) is 4.79 Å². The molecule has 1 aromatic carbocycles. The van der Waals surface area contributed by atoms with E-state index in [4.69, 9.17) is 5.11 Å². The maximum Gasteiger partial charge on any atom is 0.221 e. The van der Waals surface area contributed by atoms with Gasteiger partial charge in [0.25, 0.3) is 0 Å². The second-order valence-electron chi connectivity index (χ2n) is 3.08. The molecule has 0 bridgehead atoms.